The van der Waals surface area contributed by atoms with Crippen LogP contribution in [0.25, 0.3) is 0 Å². The van der Waals surface area contributed by atoms with Crippen molar-refractivity contribution in [2.75, 3.05) is 11.9 Å². The summed E-state index contributed by atoms with van der Waals surface area (Å²) in [6, 6.07) is 0. The van der Waals surface area contributed by atoms with Crippen molar-refractivity contribution in [2.24, 2.45) is 0 Å². The van der Waals surface area contributed by atoms with Crippen LogP contribution in [0.5, 0.6) is 0 Å². The molecule has 0 atom stereocenters. The maximum absolute atomic E-state index is 4.36. The summed E-state index contributed by atoms with van der Waals surface area (Å²) in [6.07, 6.45) is 1.15. The second-order valence-corrected chi connectivity index (χ2v) is 3.79. The zero-order valence-electron chi connectivity index (χ0n) is 7.27. The first kappa shape index (κ1) is 8.53. The minimum atomic E-state index is 1.02. The van der Waals surface area contributed by atoms with Gasteiger partial charge in [0, 0.05) is 11.4 Å². The Kier molecular flexibility index (Phi) is 2.88. The van der Waals surface area contributed by atoms with Gasteiger partial charge >= 0.3 is 0 Å². The highest BCUT2D eigenvalue weighted by Gasteiger charge is 2.00. The van der Waals surface area contributed by atoms with Crippen molar-refractivity contribution in [1.82, 2.24) is 4.98 Å². The van der Waals surface area contributed by atoms with Gasteiger partial charge in [-0.3, -0.25) is 0 Å². The van der Waals surface area contributed by atoms with E-state index in [0.717, 1.165) is 23.8 Å². The van der Waals surface area contributed by atoms with Gasteiger partial charge in [-0.05, 0) is 20.3 Å². The highest BCUT2D eigenvalue weighted by molar-refractivity contribution is 7.15. The van der Waals surface area contributed by atoms with Crippen LogP contribution in [0.4, 0.5) is 5.13 Å². The van der Waals surface area contributed by atoms with Gasteiger partial charge in [0.05, 0.1) is 5.69 Å². The molecule has 0 spiro atoms. The highest BCUT2D eigenvalue weighted by atomic mass is 32.1. The molecule has 0 fully saturated rings. The third-order valence-electron chi connectivity index (χ3n) is 1.55. The summed E-state index contributed by atoms with van der Waals surface area (Å²) in [5, 5.41) is 4.32. The monoisotopic (exact) mass is 170 g/mol. The Labute approximate surface area is 71.7 Å². The molecule has 0 aliphatic heterocycles. The number of hydrogen-bond acceptors (Lipinski definition) is 3. The lowest BCUT2D eigenvalue weighted by molar-refractivity contribution is 0.974. The molecule has 0 aliphatic rings. The van der Waals surface area contributed by atoms with E-state index in [-0.39, 0.29) is 0 Å². The molecule has 0 unspecified atom stereocenters. The number of anilines is 1. The molecule has 1 heterocycles. The number of thiazole rings is 1. The number of aromatic nitrogens is 1. The minimum Gasteiger partial charge on any atom is -0.362 e. The van der Waals surface area contributed by atoms with Crippen LogP contribution in [0.1, 0.15) is 23.9 Å². The first-order chi connectivity index (χ1) is 5.24. The molecule has 0 bridgehead atoms. The summed E-state index contributed by atoms with van der Waals surface area (Å²) in [6.45, 7) is 7.32. The van der Waals surface area contributed by atoms with Crippen LogP contribution in [0.3, 0.4) is 0 Å². The van der Waals surface area contributed by atoms with Crippen molar-refractivity contribution in [3.05, 3.63) is 10.6 Å². The van der Waals surface area contributed by atoms with E-state index in [1.54, 1.807) is 11.3 Å². The minimum absolute atomic E-state index is 1.02. The zero-order chi connectivity index (χ0) is 8.27. The van der Waals surface area contributed by atoms with Crippen LogP contribution < -0.4 is 5.32 Å². The molecular formula is C8H14N2S. The predicted molar refractivity (Wildman–Crippen MR) is 50.4 cm³/mol. The van der Waals surface area contributed by atoms with Crippen molar-refractivity contribution in [3.8, 4) is 0 Å². The van der Waals surface area contributed by atoms with Crippen LogP contribution in [0, 0.1) is 13.8 Å². The Morgan fingerprint density at radius 1 is 1.45 bits per heavy atom. The van der Waals surface area contributed by atoms with E-state index in [4.69, 9.17) is 0 Å². The average molecular weight is 170 g/mol. The number of aryl methyl sites for hydroxylation is 2. The van der Waals surface area contributed by atoms with Gasteiger partial charge in [-0.2, -0.15) is 0 Å². The molecule has 3 heteroatoms. The predicted octanol–water partition coefficient (Wildman–Crippen LogP) is 2.58. The Balaban J connectivity index is 2.58. The summed E-state index contributed by atoms with van der Waals surface area (Å²) in [5.41, 5.74) is 1.15. The van der Waals surface area contributed by atoms with Crippen molar-refractivity contribution >= 4 is 16.5 Å². The third kappa shape index (κ3) is 2.19. The molecular weight excluding hydrogens is 156 g/mol. The maximum atomic E-state index is 4.36. The quantitative estimate of drug-likeness (QED) is 0.754. The fourth-order valence-electron chi connectivity index (χ4n) is 0.780. The lowest BCUT2D eigenvalue weighted by Crippen LogP contribution is -1.98. The molecule has 62 valence electrons. The molecule has 0 amide bonds. The standard InChI is InChI=1S/C8H14N2S/c1-4-5-9-8-10-6(2)7(3)11-8/h4-5H2,1-3H3,(H,9,10). The number of nitrogens with one attached hydrogen (secondary N) is 1. The lowest BCUT2D eigenvalue weighted by Gasteiger charge is -1.96. The largest absolute Gasteiger partial charge is 0.362 e. The first-order valence-electron chi connectivity index (χ1n) is 3.92. The summed E-state index contributed by atoms with van der Waals surface area (Å²) in [4.78, 5) is 5.66. The van der Waals surface area contributed by atoms with Crippen molar-refractivity contribution < 1.29 is 0 Å². The highest BCUT2D eigenvalue weighted by Crippen LogP contribution is 2.20. The number of rotatable bonds is 3. The first-order valence-corrected chi connectivity index (χ1v) is 4.73. The molecule has 0 radical (unpaired) electrons. The third-order valence-corrected chi connectivity index (χ3v) is 2.59. The van der Waals surface area contributed by atoms with E-state index in [1.165, 1.54) is 4.88 Å². The fraction of sp³-hybridized carbons (Fsp3) is 0.625. The van der Waals surface area contributed by atoms with Crippen LogP contribution in [-0.2, 0) is 0 Å². The van der Waals surface area contributed by atoms with Crippen molar-refractivity contribution in [1.29, 1.82) is 0 Å². The fourth-order valence-corrected chi connectivity index (χ4v) is 1.62. The van der Waals surface area contributed by atoms with E-state index < -0.39 is 0 Å². The second-order valence-electron chi connectivity index (χ2n) is 2.59. The van der Waals surface area contributed by atoms with Gasteiger partial charge in [-0.1, -0.05) is 6.92 Å². The smallest absolute Gasteiger partial charge is 0.183 e. The molecule has 2 nitrogen and oxygen atoms in total. The summed E-state index contributed by atoms with van der Waals surface area (Å²) in [5.74, 6) is 0. The average Bonchev–Trinajstić information content (AvgIpc) is 2.28. The van der Waals surface area contributed by atoms with E-state index in [1.807, 2.05) is 6.92 Å². The van der Waals surface area contributed by atoms with Gasteiger partial charge in [0.25, 0.3) is 0 Å². The molecule has 0 saturated carbocycles. The summed E-state index contributed by atoms with van der Waals surface area (Å²) in [7, 11) is 0. The molecule has 0 saturated heterocycles. The summed E-state index contributed by atoms with van der Waals surface area (Å²) >= 11 is 1.73. The Hall–Kier alpha value is -0.570. The van der Waals surface area contributed by atoms with Crippen molar-refractivity contribution in [2.45, 2.75) is 27.2 Å². The zero-order valence-corrected chi connectivity index (χ0v) is 8.09. The van der Waals surface area contributed by atoms with E-state index in [2.05, 4.69) is 24.1 Å². The molecule has 11 heavy (non-hydrogen) atoms. The van der Waals surface area contributed by atoms with Gasteiger partial charge in [-0.25, -0.2) is 4.98 Å². The van der Waals surface area contributed by atoms with Gasteiger partial charge < -0.3 is 5.32 Å². The Morgan fingerprint density at radius 3 is 2.64 bits per heavy atom. The topological polar surface area (TPSA) is 24.9 Å². The molecule has 1 rings (SSSR count). The van der Waals surface area contributed by atoms with Gasteiger partial charge in [-0.15, -0.1) is 11.3 Å². The molecule has 1 N–H and O–H groups in total. The van der Waals surface area contributed by atoms with Crippen LogP contribution >= 0.6 is 11.3 Å². The van der Waals surface area contributed by atoms with Crippen LogP contribution in [0.15, 0.2) is 0 Å². The molecule has 0 aliphatic carbocycles. The lowest BCUT2D eigenvalue weighted by atomic mass is 10.4. The van der Waals surface area contributed by atoms with E-state index in [9.17, 15) is 0 Å². The van der Waals surface area contributed by atoms with Crippen LogP contribution in [-0.4, -0.2) is 11.5 Å². The number of hydrogen-bond donors (Lipinski definition) is 1. The molecule has 0 aromatic carbocycles. The Morgan fingerprint density at radius 2 is 2.18 bits per heavy atom. The van der Waals surface area contributed by atoms with Gasteiger partial charge in [0.15, 0.2) is 5.13 Å². The summed E-state index contributed by atoms with van der Waals surface area (Å²) < 4.78 is 0. The molecule has 1 aromatic rings. The second kappa shape index (κ2) is 3.72. The van der Waals surface area contributed by atoms with Gasteiger partial charge in [0.1, 0.15) is 0 Å². The van der Waals surface area contributed by atoms with E-state index in [0.29, 0.717) is 0 Å². The van der Waals surface area contributed by atoms with Gasteiger partial charge in [0.2, 0.25) is 0 Å². The molecule has 1 aromatic heterocycles. The SMILES string of the molecule is CCCNc1nc(C)c(C)s1. The normalized spacial score (nSPS) is 10.1. The van der Waals surface area contributed by atoms with E-state index >= 15 is 0 Å². The number of nitrogens with zero attached hydrogens (tertiary/aromatic N) is 1. The maximum Gasteiger partial charge on any atom is 0.183 e. The van der Waals surface area contributed by atoms with Crippen molar-refractivity contribution in [3.63, 3.8) is 0 Å². The Bertz CT molecular complexity index is 210. The van der Waals surface area contributed by atoms with Crippen LogP contribution in [0.2, 0.25) is 0 Å².